The summed E-state index contributed by atoms with van der Waals surface area (Å²) in [4.78, 5) is 23.6. The Labute approximate surface area is 123 Å². The zero-order chi connectivity index (χ0) is 15.4. The summed E-state index contributed by atoms with van der Waals surface area (Å²) in [5.41, 5.74) is 1.35. The number of hydrogen-bond acceptors (Lipinski definition) is 4. The molecule has 5 heteroatoms. The zero-order valence-electron chi connectivity index (χ0n) is 12.4. The number of hydrogen-bond donors (Lipinski definition) is 1. The highest BCUT2D eigenvalue weighted by atomic mass is 16.5. The molecule has 2 rings (SSSR count). The van der Waals surface area contributed by atoms with Gasteiger partial charge in [-0.15, -0.1) is 0 Å². The van der Waals surface area contributed by atoms with Crippen molar-refractivity contribution in [1.82, 2.24) is 5.32 Å². The molecular formula is C16H19NO4. The molecular weight excluding hydrogens is 270 g/mol. The van der Waals surface area contributed by atoms with Gasteiger partial charge in [-0.25, -0.2) is 4.79 Å². The number of carbonyl (C=O) groups is 2. The largest absolute Gasteiger partial charge is 0.450 e. The van der Waals surface area contributed by atoms with Crippen LogP contribution in [-0.4, -0.2) is 24.5 Å². The van der Waals surface area contributed by atoms with Gasteiger partial charge in [-0.2, -0.15) is 0 Å². The summed E-state index contributed by atoms with van der Waals surface area (Å²) in [6.07, 6.45) is 0.822. The third kappa shape index (κ3) is 3.42. The number of benzene rings is 1. The lowest BCUT2D eigenvalue weighted by atomic mass is 10.1. The smallest absolute Gasteiger partial charge is 0.375 e. The van der Waals surface area contributed by atoms with Crippen molar-refractivity contribution in [1.29, 1.82) is 0 Å². The SMILES string of the molecule is CC[C@H](C)NC(=O)COC(=O)c1oc2ccccc2c1C. The van der Waals surface area contributed by atoms with E-state index in [1.54, 1.807) is 13.0 Å². The molecule has 1 aromatic heterocycles. The van der Waals surface area contributed by atoms with Crippen LogP contribution in [-0.2, 0) is 9.53 Å². The van der Waals surface area contributed by atoms with Crippen LogP contribution in [0.15, 0.2) is 28.7 Å². The second-order valence-corrected chi connectivity index (χ2v) is 5.01. The van der Waals surface area contributed by atoms with Gasteiger partial charge in [0.2, 0.25) is 5.76 Å². The Kier molecular flexibility index (Phi) is 4.62. The molecule has 1 heterocycles. The number of ether oxygens (including phenoxy) is 1. The van der Waals surface area contributed by atoms with Gasteiger partial charge < -0.3 is 14.5 Å². The van der Waals surface area contributed by atoms with Gasteiger partial charge in [0.1, 0.15) is 5.58 Å². The molecule has 0 bridgehead atoms. The van der Waals surface area contributed by atoms with Crippen molar-refractivity contribution in [3.63, 3.8) is 0 Å². The Morgan fingerprint density at radius 3 is 2.71 bits per heavy atom. The molecule has 0 aliphatic heterocycles. The molecule has 0 spiro atoms. The first-order valence-corrected chi connectivity index (χ1v) is 6.97. The van der Waals surface area contributed by atoms with Crippen molar-refractivity contribution in [3.05, 3.63) is 35.6 Å². The minimum Gasteiger partial charge on any atom is -0.450 e. The Balaban J connectivity index is 2.02. The van der Waals surface area contributed by atoms with Crippen molar-refractivity contribution >= 4 is 22.8 Å². The number of amides is 1. The Hall–Kier alpha value is -2.30. The number of para-hydroxylation sites is 1. The zero-order valence-corrected chi connectivity index (χ0v) is 12.4. The lowest BCUT2D eigenvalue weighted by molar-refractivity contribution is -0.124. The van der Waals surface area contributed by atoms with Crippen molar-refractivity contribution in [2.24, 2.45) is 0 Å². The summed E-state index contributed by atoms with van der Waals surface area (Å²) in [5.74, 6) is -0.790. The highest BCUT2D eigenvalue weighted by Gasteiger charge is 2.19. The van der Waals surface area contributed by atoms with Crippen LogP contribution in [0.1, 0.15) is 36.4 Å². The number of aryl methyl sites for hydroxylation is 1. The third-order valence-corrected chi connectivity index (χ3v) is 3.38. The van der Waals surface area contributed by atoms with E-state index in [9.17, 15) is 9.59 Å². The molecule has 0 radical (unpaired) electrons. The van der Waals surface area contributed by atoms with Crippen molar-refractivity contribution in [3.8, 4) is 0 Å². The number of nitrogens with one attached hydrogen (secondary N) is 1. The van der Waals surface area contributed by atoms with Gasteiger partial charge in [-0.3, -0.25) is 4.79 Å². The normalized spacial score (nSPS) is 12.1. The molecule has 1 N–H and O–H groups in total. The first-order chi connectivity index (χ1) is 10.0. The van der Waals surface area contributed by atoms with Crippen LogP contribution < -0.4 is 5.32 Å². The van der Waals surface area contributed by atoms with Gasteiger partial charge in [0.25, 0.3) is 5.91 Å². The predicted molar refractivity (Wildman–Crippen MR) is 79.1 cm³/mol. The fourth-order valence-electron chi connectivity index (χ4n) is 1.98. The fraction of sp³-hybridized carbons (Fsp3) is 0.375. The highest BCUT2D eigenvalue weighted by Crippen LogP contribution is 2.25. The van der Waals surface area contributed by atoms with E-state index in [2.05, 4.69) is 5.32 Å². The van der Waals surface area contributed by atoms with E-state index in [0.717, 1.165) is 17.4 Å². The monoisotopic (exact) mass is 289 g/mol. The molecule has 0 aliphatic carbocycles. The van der Waals surface area contributed by atoms with Crippen LogP contribution in [0.5, 0.6) is 0 Å². The van der Waals surface area contributed by atoms with E-state index in [-0.39, 0.29) is 24.3 Å². The van der Waals surface area contributed by atoms with E-state index >= 15 is 0 Å². The van der Waals surface area contributed by atoms with Crippen molar-refractivity contribution in [2.75, 3.05) is 6.61 Å². The fourth-order valence-corrected chi connectivity index (χ4v) is 1.98. The molecule has 5 nitrogen and oxygen atoms in total. The van der Waals surface area contributed by atoms with Gasteiger partial charge in [-0.05, 0) is 26.3 Å². The maximum absolute atomic E-state index is 12.0. The highest BCUT2D eigenvalue weighted by molar-refractivity contribution is 5.96. The average molecular weight is 289 g/mol. The summed E-state index contributed by atoms with van der Waals surface area (Å²) in [5, 5.41) is 3.60. The van der Waals surface area contributed by atoms with Gasteiger partial charge >= 0.3 is 5.97 Å². The molecule has 1 atom stereocenters. The van der Waals surface area contributed by atoms with E-state index < -0.39 is 5.97 Å². The second-order valence-electron chi connectivity index (χ2n) is 5.01. The van der Waals surface area contributed by atoms with Crippen molar-refractivity contribution < 1.29 is 18.7 Å². The third-order valence-electron chi connectivity index (χ3n) is 3.38. The second kappa shape index (κ2) is 6.43. The van der Waals surface area contributed by atoms with E-state index in [4.69, 9.17) is 9.15 Å². The van der Waals surface area contributed by atoms with Crippen LogP contribution in [0.2, 0.25) is 0 Å². The summed E-state index contributed by atoms with van der Waals surface area (Å²) in [6, 6.07) is 7.43. The standard InChI is InChI=1S/C16H19NO4/c1-4-10(2)17-14(18)9-20-16(19)15-11(3)12-7-5-6-8-13(12)21-15/h5-8,10H,4,9H2,1-3H3,(H,17,18)/t10-/m0/s1. The topological polar surface area (TPSA) is 68.5 Å². The summed E-state index contributed by atoms with van der Waals surface area (Å²) in [7, 11) is 0. The van der Waals surface area contributed by atoms with Gasteiger partial charge in [0.15, 0.2) is 6.61 Å². The average Bonchev–Trinajstić information content (AvgIpc) is 2.82. The van der Waals surface area contributed by atoms with Crippen LogP contribution >= 0.6 is 0 Å². The predicted octanol–water partition coefficient (Wildman–Crippen LogP) is 2.81. The molecule has 0 saturated heterocycles. The molecule has 0 unspecified atom stereocenters. The van der Waals surface area contributed by atoms with E-state index in [0.29, 0.717) is 5.58 Å². The van der Waals surface area contributed by atoms with Crippen LogP contribution in [0.4, 0.5) is 0 Å². The molecule has 0 saturated carbocycles. The Bertz CT molecular complexity index is 659. The minimum absolute atomic E-state index is 0.0594. The molecule has 0 fully saturated rings. The minimum atomic E-state index is -0.622. The number of furan rings is 1. The van der Waals surface area contributed by atoms with Crippen LogP contribution in [0.3, 0.4) is 0 Å². The van der Waals surface area contributed by atoms with Crippen LogP contribution in [0, 0.1) is 6.92 Å². The van der Waals surface area contributed by atoms with Gasteiger partial charge in [-0.1, -0.05) is 25.1 Å². The lowest BCUT2D eigenvalue weighted by Crippen LogP contribution is -2.35. The summed E-state index contributed by atoms with van der Waals surface area (Å²) in [6.45, 7) is 5.35. The quantitative estimate of drug-likeness (QED) is 0.859. The molecule has 1 aromatic carbocycles. The van der Waals surface area contributed by atoms with E-state index in [1.165, 1.54) is 0 Å². The first-order valence-electron chi connectivity index (χ1n) is 6.97. The molecule has 0 aliphatic rings. The summed E-state index contributed by atoms with van der Waals surface area (Å²) < 4.78 is 10.5. The number of esters is 1. The maximum Gasteiger partial charge on any atom is 0.375 e. The molecule has 1 amide bonds. The number of fused-ring (bicyclic) bond motifs is 1. The van der Waals surface area contributed by atoms with Gasteiger partial charge in [0, 0.05) is 17.0 Å². The summed E-state index contributed by atoms with van der Waals surface area (Å²) >= 11 is 0. The molecule has 21 heavy (non-hydrogen) atoms. The van der Waals surface area contributed by atoms with Gasteiger partial charge in [0.05, 0.1) is 0 Å². The number of rotatable bonds is 5. The molecule has 112 valence electrons. The molecule has 2 aromatic rings. The Morgan fingerprint density at radius 2 is 2.05 bits per heavy atom. The maximum atomic E-state index is 12.0. The lowest BCUT2D eigenvalue weighted by Gasteiger charge is -2.11. The van der Waals surface area contributed by atoms with Crippen molar-refractivity contribution in [2.45, 2.75) is 33.2 Å². The Morgan fingerprint density at radius 1 is 1.33 bits per heavy atom. The number of carbonyl (C=O) groups excluding carboxylic acids is 2. The van der Waals surface area contributed by atoms with E-state index in [1.807, 2.05) is 32.0 Å². The van der Waals surface area contributed by atoms with Crippen LogP contribution in [0.25, 0.3) is 11.0 Å². The first kappa shape index (κ1) is 15.1.